The van der Waals surface area contributed by atoms with Gasteiger partial charge in [0.05, 0.1) is 6.54 Å². The molecular formula is C30H41N5. The molecule has 2 aliphatic heterocycles. The third-order valence-electron chi connectivity index (χ3n) is 7.88. The number of hydrogen-bond acceptors (Lipinski definition) is 4. The van der Waals surface area contributed by atoms with Gasteiger partial charge in [0.2, 0.25) is 0 Å². The topological polar surface area (TPSA) is 37.2 Å². The van der Waals surface area contributed by atoms with Crippen molar-refractivity contribution in [3.63, 3.8) is 0 Å². The molecule has 2 aromatic heterocycles. The highest BCUT2D eigenvalue weighted by Crippen LogP contribution is 2.22. The molecule has 0 spiro atoms. The molecule has 0 atom stereocenters. The summed E-state index contributed by atoms with van der Waals surface area (Å²) in [5.74, 6) is 1.11. The molecule has 0 amide bonds. The van der Waals surface area contributed by atoms with Gasteiger partial charge < -0.3 is 9.47 Å². The van der Waals surface area contributed by atoms with Gasteiger partial charge in [-0.05, 0) is 88.5 Å². The molecule has 0 saturated carbocycles. The van der Waals surface area contributed by atoms with Crippen LogP contribution in [0.4, 0.5) is 0 Å². The normalized spacial score (nSPS) is 18.7. The number of benzene rings is 1. The number of piperidine rings is 2. The summed E-state index contributed by atoms with van der Waals surface area (Å²) in [7, 11) is 0. The quantitative estimate of drug-likeness (QED) is 0.448. The summed E-state index contributed by atoms with van der Waals surface area (Å²) in [6.45, 7) is 13.3. The Hall–Kier alpha value is -2.50. The highest BCUT2D eigenvalue weighted by atomic mass is 15.2. The number of aromatic nitrogens is 3. The van der Waals surface area contributed by atoms with Crippen LogP contribution in [0.15, 0.2) is 36.4 Å². The number of hydrogen-bond donors (Lipinski definition) is 0. The molecule has 2 aliphatic rings. The van der Waals surface area contributed by atoms with Crippen LogP contribution >= 0.6 is 0 Å². The van der Waals surface area contributed by atoms with E-state index in [1.54, 1.807) is 0 Å². The number of rotatable bonds is 7. The van der Waals surface area contributed by atoms with E-state index in [2.05, 4.69) is 77.6 Å². The van der Waals surface area contributed by atoms with Gasteiger partial charge in [-0.15, -0.1) is 0 Å². The third kappa shape index (κ3) is 5.68. The lowest BCUT2D eigenvalue weighted by Crippen LogP contribution is -2.46. The Morgan fingerprint density at radius 2 is 1.69 bits per heavy atom. The van der Waals surface area contributed by atoms with Crippen molar-refractivity contribution in [2.75, 3.05) is 32.7 Å². The van der Waals surface area contributed by atoms with Gasteiger partial charge in [0.15, 0.2) is 5.65 Å². The van der Waals surface area contributed by atoms with Crippen molar-refractivity contribution in [1.82, 2.24) is 24.3 Å². The molecule has 35 heavy (non-hydrogen) atoms. The number of fused-ring (bicyclic) bond motifs is 1. The second-order valence-electron chi connectivity index (χ2n) is 10.5. The summed E-state index contributed by atoms with van der Waals surface area (Å²) in [6.07, 6.45) is 12.4. The maximum Gasteiger partial charge on any atom is 0.160 e. The molecule has 0 radical (unpaired) electrons. The fourth-order valence-corrected chi connectivity index (χ4v) is 5.89. The minimum absolute atomic E-state index is 0.811. The number of nitrogens with zero attached hydrogens (tertiary/aromatic N) is 5. The Bertz CT molecular complexity index is 1150. The maximum atomic E-state index is 4.88. The lowest BCUT2D eigenvalue weighted by molar-refractivity contribution is 0.0975. The van der Waals surface area contributed by atoms with E-state index in [1.165, 1.54) is 75.0 Å². The van der Waals surface area contributed by atoms with E-state index < -0.39 is 0 Å². The summed E-state index contributed by atoms with van der Waals surface area (Å²) in [6, 6.07) is 11.9. The highest BCUT2D eigenvalue weighted by molar-refractivity contribution is 5.76. The Kier molecular flexibility index (Phi) is 7.64. The van der Waals surface area contributed by atoms with Crippen molar-refractivity contribution in [3.8, 4) is 0 Å². The van der Waals surface area contributed by atoms with Crippen LogP contribution in [0, 0.1) is 13.8 Å². The zero-order valence-electron chi connectivity index (χ0n) is 21.8. The van der Waals surface area contributed by atoms with E-state index in [0.29, 0.717) is 0 Å². The Balaban J connectivity index is 1.17. The van der Waals surface area contributed by atoms with E-state index in [-0.39, 0.29) is 0 Å². The third-order valence-corrected chi connectivity index (χ3v) is 7.88. The first-order valence-electron chi connectivity index (χ1n) is 13.7. The second kappa shape index (κ2) is 11.0. The van der Waals surface area contributed by atoms with Crippen molar-refractivity contribution >= 4 is 17.2 Å². The molecule has 186 valence electrons. The second-order valence-corrected chi connectivity index (χ2v) is 10.5. The number of imidazole rings is 1. The molecule has 5 heteroatoms. The van der Waals surface area contributed by atoms with Crippen molar-refractivity contribution < 1.29 is 0 Å². The average Bonchev–Trinajstić information content (AvgIpc) is 3.23. The van der Waals surface area contributed by atoms with Crippen molar-refractivity contribution in [3.05, 3.63) is 64.6 Å². The molecule has 3 aromatic rings. The first-order valence-corrected chi connectivity index (χ1v) is 13.7. The van der Waals surface area contributed by atoms with Crippen molar-refractivity contribution in [2.45, 2.75) is 71.9 Å². The summed E-state index contributed by atoms with van der Waals surface area (Å²) in [5.41, 5.74) is 6.86. The van der Waals surface area contributed by atoms with Crippen LogP contribution in [0.2, 0.25) is 0 Å². The van der Waals surface area contributed by atoms with E-state index in [0.717, 1.165) is 48.2 Å². The number of likely N-dealkylation sites (tertiary alicyclic amines) is 2. The van der Waals surface area contributed by atoms with Crippen molar-refractivity contribution in [1.29, 1.82) is 0 Å². The molecule has 5 rings (SSSR count). The molecule has 4 heterocycles. The standard InChI is InChI=1S/C30H41N5/c1-4-28-32-29-23(2)21-24(3)31-30(29)35(28)22-26-12-10-25(11-13-26)9-8-16-33-19-14-27(15-20-33)34-17-6-5-7-18-34/h8-13,21,27H,4-7,14-20,22H2,1-3H3/b9-8+. The Labute approximate surface area is 210 Å². The van der Waals surface area contributed by atoms with Gasteiger partial charge in [-0.2, -0.15) is 0 Å². The van der Waals surface area contributed by atoms with Crippen LogP contribution in [0.3, 0.4) is 0 Å². The lowest BCUT2D eigenvalue weighted by Gasteiger charge is -2.40. The zero-order valence-corrected chi connectivity index (χ0v) is 21.8. The van der Waals surface area contributed by atoms with Crippen molar-refractivity contribution in [2.24, 2.45) is 0 Å². The average molecular weight is 472 g/mol. The Morgan fingerprint density at radius 3 is 2.40 bits per heavy atom. The first-order chi connectivity index (χ1) is 17.1. The van der Waals surface area contributed by atoms with Crippen LogP contribution < -0.4 is 0 Å². The fraction of sp³-hybridized carbons (Fsp3) is 0.533. The molecule has 0 aliphatic carbocycles. The van der Waals surface area contributed by atoms with Gasteiger partial charge >= 0.3 is 0 Å². The SMILES string of the molecule is CCc1nc2c(C)cc(C)nc2n1Cc1ccc(/C=C/CN2CCC(N3CCCCC3)CC2)cc1. The molecule has 0 unspecified atom stereocenters. The van der Waals surface area contributed by atoms with Crippen LogP contribution in [0.25, 0.3) is 17.2 Å². The monoisotopic (exact) mass is 471 g/mol. The van der Waals surface area contributed by atoms with Gasteiger partial charge in [0, 0.05) is 24.7 Å². The molecule has 0 bridgehead atoms. The molecular weight excluding hydrogens is 430 g/mol. The van der Waals surface area contributed by atoms with Crippen LogP contribution in [0.1, 0.15) is 67.2 Å². The first kappa shape index (κ1) is 24.2. The minimum atomic E-state index is 0.811. The molecule has 2 saturated heterocycles. The summed E-state index contributed by atoms with van der Waals surface area (Å²) in [5, 5.41) is 0. The largest absolute Gasteiger partial charge is 0.308 e. The van der Waals surface area contributed by atoms with Crippen LogP contribution in [-0.4, -0.2) is 63.1 Å². The predicted octanol–water partition coefficient (Wildman–Crippen LogP) is 5.62. The van der Waals surface area contributed by atoms with Crippen LogP contribution in [0.5, 0.6) is 0 Å². The number of aryl methyl sites for hydroxylation is 3. The van der Waals surface area contributed by atoms with Gasteiger partial charge in [0.1, 0.15) is 11.3 Å². The predicted molar refractivity (Wildman–Crippen MR) is 146 cm³/mol. The molecule has 2 fully saturated rings. The van der Waals surface area contributed by atoms with E-state index in [1.807, 2.05) is 0 Å². The van der Waals surface area contributed by atoms with Gasteiger partial charge in [-0.25, -0.2) is 9.97 Å². The molecule has 0 N–H and O–H groups in total. The maximum absolute atomic E-state index is 4.88. The van der Waals surface area contributed by atoms with Crippen LogP contribution in [-0.2, 0) is 13.0 Å². The summed E-state index contributed by atoms with van der Waals surface area (Å²) < 4.78 is 2.29. The molecule has 5 nitrogen and oxygen atoms in total. The highest BCUT2D eigenvalue weighted by Gasteiger charge is 2.24. The van der Waals surface area contributed by atoms with Gasteiger partial charge in [0.25, 0.3) is 0 Å². The zero-order chi connectivity index (χ0) is 24.2. The minimum Gasteiger partial charge on any atom is -0.308 e. The summed E-state index contributed by atoms with van der Waals surface area (Å²) >= 11 is 0. The van der Waals surface area contributed by atoms with E-state index in [9.17, 15) is 0 Å². The van der Waals surface area contributed by atoms with E-state index >= 15 is 0 Å². The Morgan fingerprint density at radius 1 is 0.943 bits per heavy atom. The fourth-order valence-electron chi connectivity index (χ4n) is 5.89. The smallest absolute Gasteiger partial charge is 0.160 e. The van der Waals surface area contributed by atoms with Gasteiger partial charge in [-0.1, -0.05) is 49.8 Å². The number of pyridine rings is 1. The van der Waals surface area contributed by atoms with E-state index in [4.69, 9.17) is 9.97 Å². The van der Waals surface area contributed by atoms with Gasteiger partial charge in [-0.3, -0.25) is 4.90 Å². The molecule has 1 aromatic carbocycles. The lowest BCUT2D eigenvalue weighted by atomic mass is 10.00. The summed E-state index contributed by atoms with van der Waals surface area (Å²) in [4.78, 5) is 15.1.